The van der Waals surface area contributed by atoms with Crippen LogP contribution in [-0.4, -0.2) is 33.2 Å². The number of ether oxygens (including phenoxy) is 1. The molecule has 0 unspecified atom stereocenters. The number of rotatable bonds is 16. The van der Waals surface area contributed by atoms with E-state index in [-0.39, 0.29) is 29.4 Å². The summed E-state index contributed by atoms with van der Waals surface area (Å²) < 4.78 is 17.5. The van der Waals surface area contributed by atoms with E-state index in [1.54, 1.807) is 17.8 Å². The molecule has 0 spiro atoms. The summed E-state index contributed by atoms with van der Waals surface area (Å²) in [5.74, 6) is -0.122. The van der Waals surface area contributed by atoms with Crippen LogP contribution >= 0.6 is 23.5 Å². The summed E-state index contributed by atoms with van der Waals surface area (Å²) >= 11 is 3.09. The molecule has 1 aromatic heterocycles. The number of pyridine rings is 1. The fourth-order valence-corrected chi connectivity index (χ4v) is 10.1. The van der Waals surface area contributed by atoms with Crippen molar-refractivity contribution in [1.82, 2.24) is 4.98 Å². The van der Waals surface area contributed by atoms with Crippen LogP contribution in [0.2, 0.25) is 0 Å². The van der Waals surface area contributed by atoms with E-state index in [0.29, 0.717) is 11.4 Å². The summed E-state index contributed by atoms with van der Waals surface area (Å²) in [5, 5.41) is 10.8. The molecule has 1 heterocycles. The second-order valence-corrected chi connectivity index (χ2v) is 16.9. The van der Waals surface area contributed by atoms with Gasteiger partial charge in [0, 0.05) is 24.2 Å². The van der Waals surface area contributed by atoms with Gasteiger partial charge >= 0.3 is 5.97 Å². The molecule has 0 aliphatic rings. The Morgan fingerprint density at radius 2 is 0.875 bits per heavy atom. The zero-order chi connectivity index (χ0) is 44.6. The number of halogens is 1. The first kappa shape index (κ1) is 44.9. The van der Waals surface area contributed by atoms with Crippen molar-refractivity contribution in [2.24, 2.45) is 0 Å². The Labute approximate surface area is 380 Å². The molecule has 318 valence electrons. The molecular weight excluding hydrogens is 840 g/mol. The number of ketones is 1. The van der Waals surface area contributed by atoms with Gasteiger partial charge < -0.3 is 4.74 Å². The summed E-state index contributed by atoms with van der Waals surface area (Å²) in [5.41, 5.74) is 7.03. The monoisotopic (exact) mass is 882 g/mol. The number of hydrogen-bond donors (Lipinski definition) is 0. The van der Waals surface area contributed by atoms with Gasteiger partial charge in [-0.05, 0) is 57.6 Å². The fraction of sp³-hybridized carbons (Fsp3) is 0.0926. The van der Waals surface area contributed by atoms with Crippen molar-refractivity contribution in [1.29, 1.82) is 0 Å². The first-order valence-electron chi connectivity index (χ1n) is 20.5. The Kier molecular flexibility index (Phi) is 15.3. The Hall–Kier alpha value is -7.14. The van der Waals surface area contributed by atoms with Gasteiger partial charge in [0.2, 0.25) is 0 Å². The third-order valence-electron chi connectivity index (χ3n) is 10.4. The fourth-order valence-electron chi connectivity index (χ4n) is 7.45. The number of non-ortho nitro benzene ring substituents is 1. The highest BCUT2D eigenvalue weighted by Crippen LogP contribution is 2.49. The molecule has 10 heteroatoms. The zero-order valence-corrected chi connectivity index (χ0v) is 36.2. The van der Waals surface area contributed by atoms with Gasteiger partial charge in [-0.25, -0.2) is 4.39 Å². The zero-order valence-electron chi connectivity index (χ0n) is 34.6. The molecule has 8 rings (SSSR count). The van der Waals surface area contributed by atoms with Crippen LogP contribution in [0.15, 0.2) is 225 Å². The summed E-state index contributed by atoms with van der Waals surface area (Å²) in [4.78, 5) is 40.1. The number of Topliss-reactive ketones (excluding diaryl/α,β-unsaturated/α-hetero) is 1. The Morgan fingerprint density at radius 1 is 0.516 bits per heavy atom. The number of nitro groups is 1. The van der Waals surface area contributed by atoms with Gasteiger partial charge in [0.05, 0.1) is 32.1 Å². The third kappa shape index (κ3) is 10.9. The Bertz CT molecular complexity index is 2520. The molecule has 7 aromatic carbocycles. The van der Waals surface area contributed by atoms with Gasteiger partial charge in [0.1, 0.15) is 17.3 Å². The minimum Gasteiger partial charge on any atom is -0.426 e. The minimum atomic E-state index is -0.627. The summed E-state index contributed by atoms with van der Waals surface area (Å²) in [7, 11) is 0. The number of hydrogen-bond acceptors (Lipinski definition) is 8. The van der Waals surface area contributed by atoms with Crippen LogP contribution in [-0.2, 0) is 25.5 Å². The van der Waals surface area contributed by atoms with Crippen LogP contribution in [0.4, 0.5) is 10.1 Å². The van der Waals surface area contributed by atoms with Crippen molar-refractivity contribution in [3.63, 3.8) is 0 Å². The Balaban J connectivity index is 0.000000192. The predicted molar refractivity (Wildman–Crippen MR) is 255 cm³/mol. The van der Waals surface area contributed by atoms with Crippen LogP contribution in [0.5, 0.6) is 5.75 Å². The SMILES string of the molecule is O=C(CSC(c1ccccc1)(c1ccccc1)c1ccccc1)Cc1ccc(F)cn1.O=C(CSC(c1ccccc1)(c1ccccc1)c1ccccc1)Oc1ccc([N+](=O)[O-])cc1. The molecule has 0 N–H and O–H groups in total. The van der Waals surface area contributed by atoms with Crippen molar-refractivity contribution in [2.45, 2.75) is 15.9 Å². The average Bonchev–Trinajstić information content (AvgIpc) is 3.35. The molecule has 0 atom stereocenters. The third-order valence-corrected chi connectivity index (χ3v) is 13.5. The van der Waals surface area contributed by atoms with E-state index >= 15 is 0 Å². The Morgan fingerprint density at radius 3 is 1.20 bits per heavy atom. The lowest BCUT2D eigenvalue weighted by molar-refractivity contribution is -0.384. The van der Waals surface area contributed by atoms with E-state index in [2.05, 4.69) is 77.8 Å². The normalized spacial score (nSPS) is 11.1. The topological polar surface area (TPSA) is 99.4 Å². The number of esters is 1. The second-order valence-electron chi connectivity index (χ2n) is 14.5. The highest BCUT2D eigenvalue weighted by Gasteiger charge is 2.39. The van der Waals surface area contributed by atoms with E-state index in [1.165, 1.54) is 42.1 Å². The summed E-state index contributed by atoms with van der Waals surface area (Å²) in [6, 6.07) is 69.5. The predicted octanol–water partition coefficient (Wildman–Crippen LogP) is 12.3. The largest absolute Gasteiger partial charge is 0.426 e. The number of carbonyl (C=O) groups is 2. The van der Waals surface area contributed by atoms with E-state index in [0.717, 1.165) is 39.6 Å². The summed E-state index contributed by atoms with van der Waals surface area (Å²) in [6.45, 7) is 0. The van der Waals surface area contributed by atoms with Gasteiger partial charge in [-0.15, -0.1) is 23.5 Å². The van der Waals surface area contributed by atoms with E-state index in [4.69, 9.17) is 4.74 Å². The number of thioether (sulfide) groups is 2. The maximum absolute atomic E-state index is 13.1. The van der Waals surface area contributed by atoms with E-state index < -0.39 is 26.2 Å². The lowest BCUT2D eigenvalue weighted by Gasteiger charge is -2.35. The molecule has 0 amide bonds. The molecule has 0 fully saturated rings. The average molecular weight is 883 g/mol. The number of aromatic nitrogens is 1. The minimum absolute atomic E-state index is 0.0521. The molecule has 0 aliphatic carbocycles. The van der Waals surface area contributed by atoms with Crippen molar-refractivity contribution in [2.75, 3.05) is 11.5 Å². The second kappa shape index (κ2) is 21.8. The smallest absolute Gasteiger partial charge is 0.321 e. The molecule has 0 bridgehead atoms. The highest BCUT2D eigenvalue weighted by atomic mass is 32.2. The van der Waals surface area contributed by atoms with Crippen molar-refractivity contribution >= 4 is 41.0 Å². The lowest BCUT2D eigenvalue weighted by atomic mass is 9.84. The van der Waals surface area contributed by atoms with Gasteiger partial charge in [0.25, 0.3) is 5.69 Å². The first-order valence-corrected chi connectivity index (χ1v) is 22.4. The maximum atomic E-state index is 13.1. The van der Waals surface area contributed by atoms with Crippen molar-refractivity contribution in [3.05, 3.63) is 280 Å². The quantitative estimate of drug-likeness (QED) is 0.0311. The van der Waals surface area contributed by atoms with Gasteiger partial charge in [0.15, 0.2) is 0 Å². The molecule has 0 saturated carbocycles. The van der Waals surface area contributed by atoms with Gasteiger partial charge in [-0.1, -0.05) is 182 Å². The van der Waals surface area contributed by atoms with Crippen LogP contribution < -0.4 is 4.74 Å². The molecule has 64 heavy (non-hydrogen) atoms. The number of nitro benzene ring substituents is 1. The van der Waals surface area contributed by atoms with Crippen molar-refractivity contribution in [3.8, 4) is 5.75 Å². The first-order chi connectivity index (χ1) is 31.3. The molecule has 0 radical (unpaired) electrons. The van der Waals surface area contributed by atoms with E-state index in [9.17, 15) is 24.1 Å². The van der Waals surface area contributed by atoms with Gasteiger partial charge in [-0.3, -0.25) is 24.7 Å². The van der Waals surface area contributed by atoms with Crippen LogP contribution in [0.3, 0.4) is 0 Å². The summed E-state index contributed by atoms with van der Waals surface area (Å²) in [6.07, 6.45) is 1.33. The highest BCUT2D eigenvalue weighted by molar-refractivity contribution is 8.01. The van der Waals surface area contributed by atoms with Crippen LogP contribution in [0, 0.1) is 15.9 Å². The molecule has 0 aliphatic heterocycles. The lowest BCUT2D eigenvalue weighted by Crippen LogP contribution is -2.28. The van der Waals surface area contributed by atoms with Crippen LogP contribution in [0.25, 0.3) is 0 Å². The van der Waals surface area contributed by atoms with E-state index in [1.807, 2.05) is 109 Å². The molecule has 0 saturated heterocycles. The standard InChI is InChI=1S/C27H22FNOS.C27H21NO4S/c28-24-16-17-25(29-19-24)18-26(30)20-31-27(21-10-4-1-5-11-21,22-12-6-2-7-13-22)23-14-8-3-9-15-23;29-26(32-25-18-16-24(17-19-25)28(30)31)20-33-27(21-10-4-1-5-11-21,22-12-6-2-7-13-22)23-14-8-3-9-15-23/h1-17,19H,18,20H2;1-19H,20H2. The number of nitrogens with zero attached hydrogens (tertiary/aromatic N) is 2. The van der Waals surface area contributed by atoms with Crippen molar-refractivity contribution < 1.29 is 23.6 Å². The van der Waals surface area contributed by atoms with Crippen LogP contribution in [0.1, 0.15) is 39.1 Å². The molecular formula is C54H43FN2O5S2. The maximum Gasteiger partial charge on any atom is 0.321 e. The molecule has 7 nitrogen and oxygen atoms in total. The number of carbonyl (C=O) groups excluding carboxylic acids is 2. The molecule has 8 aromatic rings. The van der Waals surface area contributed by atoms with Gasteiger partial charge in [-0.2, -0.15) is 0 Å². The number of benzene rings is 7.